The van der Waals surface area contributed by atoms with E-state index >= 15 is 0 Å². The first kappa shape index (κ1) is 10.6. The minimum absolute atomic E-state index is 0.109. The molecule has 1 saturated heterocycles. The van der Waals surface area contributed by atoms with Crippen molar-refractivity contribution in [1.29, 1.82) is 0 Å². The molecular formula is C13H17N3O. The van der Waals surface area contributed by atoms with E-state index in [0.29, 0.717) is 6.04 Å². The van der Waals surface area contributed by atoms with Gasteiger partial charge < -0.3 is 5.32 Å². The van der Waals surface area contributed by atoms with Crippen LogP contribution in [0.4, 0.5) is 0 Å². The zero-order valence-electron chi connectivity index (χ0n) is 10.0. The van der Waals surface area contributed by atoms with Crippen LogP contribution in [0.5, 0.6) is 0 Å². The maximum Gasteiger partial charge on any atom is 0.329 e. The Bertz CT molecular complexity index is 590. The first-order chi connectivity index (χ1) is 8.29. The molecule has 1 aliphatic rings. The highest BCUT2D eigenvalue weighted by Crippen LogP contribution is 2.22. The summed E-state index contributed by atoms with van der Waals surface area (Å²) in [7, 11) is 1.85. The van der Waals surface area contributed by atoms with Crippen LogP contribution in [0.15, 0.2) is 29.1 Å². The van der Waals surface area contributed by atoms with Crippen LogP contribution >= 0.6 is 0 Å². The summed E-state index contributed by atoms with van der Waals surface area (Å²) in [6.07, 6.45) is 2.07. The molecule has 0 spiro atoms. The van der Waals surface area contributed by atoms with Crippen molar-refractivity contribution in [3.8, 4) is 0 Å². The fourth-order valence-electron chi connectivity index (χ4n) is 2.74. The van der Waals surface area contributed by atoms with Crippen molar-refractivity contribution in [3.63, 3.8) is 0 Å². The SMILES string of the molecule is Cn1c(=O)n(C2CCNCC2)c2ccccc21. The van der Waals surface area contributed by atoms with Gasteiger partial charge in [0.1, 0.15) is 0 Å². The van der Waals surface area contributed by atoms with Gasteiger partial charge in [-0.3, -0.25) is 9.13 Å². The van der Waals surface area contributed by atoms with E-state index in [1.54, 1.807) is 4.57 Å². The molecule has 4 nitrogen and oxygen atoms in total. The molecule has 0 amide bonds. The summed E-state index contributed by atoms with van der Waals surface area (Å²) < 4.78 is 3.72. The van der Waals surface area contributed by atoms with E-state index in [2.05, 4.69) is 5.32 Å². The van der Waals surface area contributed by atoms with E-state index < -0.39 is 0 Å². The lowest BCUT2D eigenvalue weighted by molar-refractivity contribution is 0.366. The maximum atomic E-state index is 12.3. The van der Waals surface area contributed by atoms with Crippen LogP contribution in [0.3, 0.4) is 0 Å². The van der Waals surface area contributed by atoms with E-state index in [9.17, 15) is 4.79 Å². The summed E-state index contributed by atoms with van der Waals surface area (Å²) in [6.45, 7) is 2.00. The number of imidazole rings is 1. The zero-order valence-corrected chi connectivity index (χ0v) is 10.0. The first-order valence-electron chi connectivity index (χ1n) is 6.15. The number of hydrogen-bond donors (Lipinski definition) is 1. The molecule has 0 unspecified atom stereocenters. The molecule has 1 fully saturated rings. The van der Waals surface area contributed by atoms with Crippen LogP contribution in [-0.2, 0) is 7.05 Å². The third-order valence-electron chi connectivity index (χ3n) is 3.67. The predicted octanol–water partition coefficient (Wildman–Crippen LogP) is 1.26. The van der Waals surface area contributed by atoms with Gasteiger partial charge in [0.2, 0.25) is 0 Å². The number of para-hydroxylation sites is 2. The minimum Gasteiger partial charge on any atom is -0.317 e. The highest BCUT2D eigenvalue weighted by atomic mass is 16.1. The van der Waals surface area contributed by atoms with Gasteiger partial charge in [0.05, 0.1) is 11.0 Å². The average Bonchev–Trinajstić information content (AvgIpc) is 2.64. The van der Waals surface area contributed by atoms with Crippen LogP contribution in [0.1, 0.15) is 18.9 Å². The lowest BCUT2D eigenvalue weighted by Gasteiger charge is -2.23. The standard InChI is InChI=1S/C13H17N3O/c1-15-11-4-2-3-5-12(11)16(13(15)17)10-6-8-14-9-7-10/h2-5,10,14H,6-9H2,1H3. The molecule has 0 bridgehead atoms. The Morgan fingerprint density at radius 3 is 2.53 bits per heavy atom. The van der Waals surface area contributed by atoms with Crippen molar-refractivity contribution in [2.75, 3.05) is 13.1 Å². The van der Waals surface area contributed by atoms with Crippen LogP contribution in [0, 0.1) is 0 Å². The highest BCUT2D eigenvalue weighted by molar-refractivity contribution is 5.76. The van der Waals surface area contributed by atoms with E-state index in [0.717, 1.165) is 37.0 Å². The smallest absolute Gasteiger partial charge is 0.317 e. The second kappa shape index (κ2) is 4.04. The number of aromatic nitrogens is 2. The second-order valence-electron chi connectivity index (χ2n) is 4.68. The van der Waals surface area contributed by atoms with Gasteiger partial charge in [-0.25, -0.2) is 4.79 Å². The van der Waals surface area contributed by atoms with Crippen molar-refractivity contribution >= 4 is 11.0 Å². The van der Waals surface area contributed by atoms with Crippen LogP contribution < -0.4 is 11.0 Å². The number of nitrogens with one attached hydrogen (secondary N) is 1. The number of benzene rings is 1. The highest BCUT2D eigenvalue weighted by Gasteiger charge is 2.20. The molecular weight excluding hydrogens is 214 g/mol. The number of fused-ring (bicyclic) bond motifs is 1. The molecule has 2 heterocycles. The quantitative estimate of drug-likeness (QED) is 0.802. The third-order valence-corrected chi connectivity index (χ3v) is 3.67. The molecule has 0 saturated carbocycles. The summed E-state index contributed by atoms with van der Waals surface area (Å²) >= 11 is 0. The van der Waals surface area contributed by atoms with Crippen molar-refractivity contribution in [3.05, 3.63) is 34.7 Å². The molecule has 1 aliphatic heterocycles. The van der Waals surface area contributed by atoms with Crippen molar-refractivity contribution in [1.82, 2.24) is 14.5 Å². The average molecular weight is 231 g/mol. The summed E-state index contributed by atoms with van der Waals surface area (Å²) in [5, 5.41) is 3.34. The number of rotatable bonds is 1. The third kappa shape index (κ3) is 1.60. The zero-order chi connectivity index (χ0) is 11.8. The largest absolute Gasteiger partial charge is 0.329 e. The lowest BCUT2D eigenvalue weighted by Crippen LogP contribution is -2.34. The van der Waals surface area contributed by atoms with Crippen LogP contribution in [0.25, 0.3) is 11.0 Å². The van der Waals surface area contributed by atoms with Crippen molar-refractivity contribution < 1.29 is 0 Å². The fraction of sp³-hybridized carbons (Fsp3) is 0.462. The van der Waals surface area contributed by atoms with Crippen LogP contribution in [-0.4, -0.2) is 22.2 Å². The number of nitrogens with zero attached hydrogens (tertiary/aromatic N) is 2. The van der Waals surface area contributed by atoms with Gasteiger partial charge in [-0.15, -0.1) is 0 Å². The Labute approximate surface area is 99.9 Å². The molecule has 0 aliphatic carbocycles. The first-order valence-corrected chi connectivity index (χ1v) is 6.15. The van der Waals surface area contributed by atoms with Gasteiger partial charge in [-0.2, -0.15) is 0 Å². The maximum absolute atomic E-state index is 12.3. The summed E-state index contributed by atoms with van der Waals surface area (Å²) in [5.74, 6) is 0. The van der Waals surface area contributed by atoms with Gasteiger partial charge in [0.15, 0.2) is 0 Å². The summed E-state index contributed by atoms with van der Waals surface area (Å²) in [5.41, 5.74) is 2.20. The Hall–Kier alpha value is -1.55. The lowest BCUT2D eigenvalue weighted by atomic mass is 10.1. The normalized spacial score (nSPS) is 17.7. The molecule has 90 valence electrons. The molecule has 3 rings (SSSR count). The fourth-order valence-corrected chi connectivity index (χ4v) is 2.74. The van der Waals surface area contributed by atoms with E-state index in [4.69, 9.17) is 0 Å². The topological polar surface area (TPSA) is 39.0 Å². The molecule has 1 N–H and O–H groups in total. The van der Waals surface area contributed by atoms with E-state index in [1.807, 2.05) is 35.9 Å². The number of piperidine rings is 1. The predicted molar refractivity (Wildman–Crippen MR) is 68.3 cm³/mol. The Morgan fingerprint density at radius 2 is 1.82 bits per heavy atom. The van der Waals surface area contributed by atoms with Gasteiger partial charge in [0.25, 0.3) is 0 Å². The van der Waals surface area contributed by atoms with E-state index in [1.165, 1.54) is 0 Å². The van der Waals surface area contributed by atoms with Gasteiger partial charge >= 0.3 is 5.69 Å². The molecule has 0 radical (unpaired) electrons. The molecule has 0 atom stereocenters. The van der Waals surface area contributed by atoms with Crippen molar-refractivity contribution in [2.45, 2.75) is 18.9 Å². The van der Waals surface area contributed by atoms with Gasteiger partial charge in [-0.1, -0.05) is 12.1 Å². The number of hydrogen-bond acceptors (Lipinski definition) is 2. The van der Waals surface area contributed by atoms with Crippen molar-refractivity contribution in [2.24, 2.45) is 7.05 Å². The van der Waals surface area contributed by atoms with Gasteiger partial charge in [0, 0.05) is 13.1 Å². The second-order valence-corrected chi connectivity index (χ2v) is 4.68. The Morgan fingerprint density at radius 1 is 1.18 bits per heavy atom. The summed E-state index contributed by atoms with van der Waals surface area (Å²) in [4.78, 5) is 12.3. The number of aryl methyl sites for hydroxylation is 1. The molecule has 2 aromatic rings. The Kier molecular flexibility index (Phi) is 2.52. The molecule has 1 aromatic carbocycles. The monoisotopic (exact) mass is 231 g/mol. The minimum atomic E-state index is 0.109. The Balaban J connectivity index is 2.21. The molecule has 17 heavy (non-hydrogen) atoms. The molecule has 1 aromatic heterocycles. The van der Waals surface area contributed by atoms with E-state index in [-0.39, 0.29) is 5.69 Å². The van der Waals surface area contributed by atoms with Gasteiger partial charge in [-0.05, 0) is 38.1 Å². The molecule has 4 heteroatoms. The van der Waals surface area contributed by atoms with Crippen LogP contribution in [0.2, 0.25) is 0 Å². The summed E-state index contributed by atoms with van der Waals surface area (Å²) in [6, 6.07) is 8.37.